The van der Waals surface area contributed by atoms with Gasteiger partial charge in [0.2, 0.25) is 0 Å². The van der Waals surface area contributed by atoms with Crippen molar-refractivity contribution in [3.05, 3.63) is 18.2 Å². The summed E-state index contributed by atoms with van der Waals surface area (Å²) in [4.78, 5) is 7.18. The van der Waals surface area contributed by atoms with Crippen molar-refractivity contribution in [2.75, 3.05) is 57.9 Å². The molecule has 0 aliphatic carbocycles. The van der Waals surface area contributed by atoms with Gasteiger partial charge in [-0.15, -0.1) is 0 Å². The summed E-state index contributed by atoms with van der Waals surface area (Å²) >= 11 is 0. The van der Waals surface area contributed by atoms with E-state index in [0.29, 0.717) is 19.3 Å². The molecule has 1 aromatic carbocycles. The molecule has 1 atom stereocenters. The van der Waals surface area contributed by atoms with Crippen LogP contribution >= 0.6 is 0 Å². The lowest BCUT2D eigenvalue weighted by Crippen LogP contribution is -2.44. The fourth-order valence-corrected chi connectivity index (χ4v) is 3.04. The van der Waals surface area contributed by atoms with Crippen LogP contribution in [0.3, 0.4) is 0 Å². The van der Waals surface area contributed by atoms with E-state index in [0.717, 1.165) is 69.0 Å². The van der Waals surface area contributed by atoms with Crippen LogP contribution < -0.4 is 20.1 Å². The molecule has 7 nitrogen and oxygen atoms in total. The second-order valence-electron chi connectivity index (χ2n) is 6.55. The fourth-order valence-electron chi connectivity index (χ4n) is 3.04. The van der Waals surface area contributed by atoms with E-state index in [1.165, 1.54) is 0 Å². The van der Waals surface area contributed by atoms with Gasteiger partial charge in [0.05, 0.1) is 33.0 Å². The molecule has 2 heterocycles. The summed E-state index contributed by atoms with van der Waals surface area (Å²) in [6.07, 6.45) is 0.904. The maximum Gasteiger partial charge on any atom is 0.195 e. The highest BCUT2D eigenvalue weighted by molar-refractivity contribution is 5.93. The quantitative estimate of drug-likeness (QED) is 0.616. The first kappa shape index (κ1) is 18.8. The fraction of sp³-hybridized carbons (Fsp3) is 0.632. The summed E-state index contributed by atoms with van der Waals surface area (Å²) in [5.74, 6) is 2.36. The number of nitrogens with zero attached hydrogens (tertiary/aromatic N) is 2. The number of hydrogen-bond donors (Lipinski definition) is 2. The SMILES string of the molecule is CCNC(=NCC(C)N1CCOCC1)Nc1ccc2c(c1)OCCCO2. The highest BCUT2D eigenvalue weighted by atomic mass is 16.5. The number of aliphatic imine (C=N–C) groups is 1. The maximum absolute atomic E-state index is 5.76. The van der Waals surface area contributed by atoms with Gasteiger partial charge < -0.3 is 24.8 Å². The minimum absolute atomic E-state index is 0.387. The number of guanidine groups is 1. The molecule has 0 saturated carbocycles. The molecule has 1 fully saturated rings. The highest BCUT2D eigenvalue weighted by Crippen LogP contribution is 2.32. The van der Waals surface area contributed by atoms with Gasteiger partial charge in [0, 0.05) is 43.9 Å². The molecule has 0 radical (unpaired) electrons. The lowest BCUT2D eigenvalue weighted by atomic mass is 10.2. The molecule has 144 valence electrons. The van der Waals surface area contributed by atoms with Gasteiger partial charge in [0.15, 0.2) is 17.5 Å². The van der Waals surface area contributed by atoms with Crippen LogP contribution in [0.5, 0.6) is 11.5 Å². The van der Waals surface area contributed by atoms with E-state index in [2.05, 4.69) is 29.4 Å². The molecule has 26 heavy (non-hydrogen) atoms. The first-order valence-corrected chi connectivity index (χ1v) is 9.53. The first-order valence-electron chi connectivity index (χ1n) is 9.53. The second-order valence-corrected chi connectivity index (χ2v) is 6.55. The standard InChI is InChI=1S/C19H30N4O3/c1-3-20-19(21-14-15(2)23-7-11-24-12-8-23)22-16-5-6-17-18(13-16)26-10-4-9-25-17/h5-6,13,15H,3-4,7-12,14H2,1-2H3,(H2,20,21,22). The lowest BCUT2D eigenvalue weighted by molar-refractivity contribution is 0.0220. The Kier molecular flexibility index (Phi) is 6.96. The van der Waals surface area contributed by atoms with Gasteiger partial charge in [0.25, 0.3) is 0 Å². The van der Waals surface area contributed by atoms with Crippen LogP contribution in [0, 0.1) is 0 Å². The zero-order valence-corrected chi connectivity index (χ0v) is 15.8. The number of ether oxygens (including phenoxy) is 3. The largest absolute Gasteiger partial charge is 0.490 e. The van der Waals surface area contributed by atoms with Gasteiger partial charge in [-0.05, 0) is 26.0 Å². The van der Waals surface area contributed by atoms with Gasteiger partial charge in [-0.25, -0.2) is 0 Å². The van der Waals surface area contributed by atoms with Crippen LogP contribution in [0.15, 0.2) is 23.2 Å². The average Bonchev–Trinajstić information content (AvgIpc) is 2.91. The molecular weight excluding hydrogens is 332 g/mol. The van der Waals surface area contributed by atoms with Crippen LogP contribution in [0.1, 0.15) is 20.3 Å². The molecule has 3 rings (SSSR count). The van der Waals surface area contributed by atoms with E-state index >= 15 is 0 Å². The highest BCUT2D eigenvalue weighted by Gasteiger charge is 2.17. The molecule has 7 heteroatoms. The van der Waals surface area contributed by atoms with Crippen LogP contribution in [-0.2, 0) is 4.74 Å². The van der Waals surface area contributed by atoms with Gasteiger partial charge in [-0.1, -0.05) is 0 Å². The Hall–Kier alpha value is -1.99. The molecule has 2 aliphatic rings. The van der Waals surface area contributed by atoms with Crippen LogP contribution in [0.2, 0.25) is 0 Å². The Bertz CT molecular complexity index is 602. The number of hydrogen-bond acceptors (Lipinski definition) is 5. The third-order valence-corrected chi connectivity index (χ3v) is 4.54. The molecule has 0 aromatic heterocycles. The van der Waals surface area contributed by atoms with Crippen molar-refractivity contribution in [1.82, 2.24) is 10.2 Å². The van der Waals surface area contributed by atoms with E-state index in [1.54, 1.807) is 0 Å². The van der Waals surface area contributed by atoms with Crippen molar-refractivity contribution in [2.24, 2.45) is 4.99 Å². The Morgan fingerprint density at radius 3 is 2.69 bits per heavy atom. The number of benzene rings is 1. The molecule has 0 spiro atoms. The van der Waals surface area contributed by atoms with Crippen molar-refractivity contribution in [1.29, 1.82) is 0 Å². The zero-order chi connectivity index (χ0) is 18.2. The average molecular weight is 362 g/mol. The summed E-state index contributed by atoms with van der Waals surface area (Å²) in [5, 5.41) is 6.67. The molecular formula is C19H30N4O3. The summed E-state index contributed by atoms with van der Waals surface area (Å²) < 4.78 is 16.9. The smallest absolute Gasteiger partial charge is 0.195 e. The topological polar surface area (TPSA) is 67.4 Å². The van der Waals surface area contributed by atoms with Gasteiger partial charge in [-0.3, -0.25) is 9.89 Å². The number of rotatable bonds is 5. The van der Waals surface area contributed by atoms with Crippen molar-refractivity contribution in [2.45, 2.75) is 26.3 Å². The minimum atomic E-state index is 0.387. The third kappa shape index (κ3) is 5.25. The zero-order valence-electron chi connectivity index (χ0n) is 15.8. The van der Waals surface area contributed by atoms with Gasteiger partial charge >= 0.3 is 0 Å². The number of morpholine rings is 1. The summed E-state index contributed by atoms with van der Waals surface area (Å²) in [6.45, 7) is 10.8. The summed E-state index contributed by atoms with van der Waals surface area (Å²) in [6, 6.07) is 6.30. The van der Waals surface area contributed by atoms with E-state index in [9.17, 15) is 0 Å². The summed E-state index contributed by atoms with van der Waals surface area (Å²) in [7, 11) is 0. The maximum atomic E-state index is 5.76. The lowest BCUT2D eigenvalue weighted by Gasteiger charge is -2.31. The minimum Gasteiger partial charge on any atom is -0.490 e. The normalized spacial score (nSPS) is 19.5. The Labute approximate surface area is 155 Å². The van der Waals surface area contributed by atoms with Crippen LogP contribution in [0.25, 0.3) is 0 Å². The number of anilines is 1. The molecule has 1 saturated heterocycles. The van der Waals surface area contributed by atoms with Crippen molar-refractivity contribution >= 4 is 11.6 Å². The van der Waals surface area contributed by atoms with Crippen molar-refractivity contribution in [3.8, 4) is 11.5 Å². The van der Waals surface area contributed by atoms with E-state index in [1.807, 2.05) is 18.2 Å². The summed E-state index contributed by atoms with van der Waals surface area (Å²) in [5.41, 5.74) is 0.938. The Morgan fingerprint density at radius 1 is 1.15 bits per heavy atom. The molecule has 2 N–H and O–H groups in total. The van der Waals surface area contributed by atoms with Crippen LogP contribution in [-0.4, -0.2) is 69.5 Å². The molecule has 1 aromatic rings. The first-order chi connectivity index (χ1) is 12.8. The van der Waals surface area contributed by atoms with E-state index < -0.39 is 0 Å². The van der Waals surface area contributed by atoms with Crippen LogP contribution in [0.4, 0.5) is 5.69 Å². The number of fused-ring (bicyclic) bond motifs is 1. The van der Waals surface area contributed by atoms with Gasteiger partial charge in [0.1, 0.15) is 0 Å². The van der Waals surface area contributed by atoms with Crippen molar-refractivity contribution < 1.29 is 14.2 Å². The second kappa shape index (κ2) is 9.64. The monoisotopic (exact) mass is 362 g/mol. The third-order valence-electron chi connectivity index (χ3n) is 4.54. The predicted molar refractivity (Wildman–Crippen MR) is 104 cm³/mol. The Morgan fingerprint density at radius 2 is 1.92 bits per heavy atom. The van der Waals surface area contributed by atoms with E-state index in [-0.39, 0.29) is 0 Å². The van der Waals surface area contributed by atoms with E-state index in [4.69, 9.17) is 19.2 Å². The Balaban J connectivity index is 1.63. The van der Waals surface area contributed by atoms with Crippen molar-refractivity contribution in [3.63, 3.8) is 0 Å². The van der Waals surface area contributed by atoms with Gasteiger partial charge in [-0.2, -0.15) is 0 Å². The molecule has 0 amide bonds. The predicted octanol–water partition coefficient (Wildman–Crippen LogP) is 1.95. The molecule has 0 bridgehead atoms. The molecule has 1 unspecified atom stereocenters. The molecule has 2 aliphatic heterocycles. The number of nitrogens with one attached hydrogen (secondary N) is 2.